The zero-order valence-corrected chi connectivity index (χ0v) is 8.81. The summed E-state index contributed by atoms with van der Waals surface area (Å²) in [6, 6.07) is 5.44. The van der Waals surface area contributed by atoms with Crippen molar-refractivity contribution >= 4 is 22.3 Å². The third kappa shape index (κ3) is 1.06. The summed E-state index contributed by atoms with van der Waals surface area (Å²) in [5, 5.41) is 13.9. The van der Waals surface area contributed by atoms with E-state index in [1.54, 1.807) is 12.3 Å². The summed E-state index contributed by atoms with van der Waals surface area (Å²) in [6.45, 7) is 0. The molecule has 1 aromatic heterocycles. The minimum absolute atomic E-state index is 0.178. The SMILES string of the molecule is CN1c2cc(O)c3ncccc3c2NC1N. The largest absolute Gasteiger partial charge is 0.506 e. The lowest BCUT2D eigenvalue weighted by Gasteiger charge is -2.16. The lowest BCUT2D eigenvalue weighted by atomic mass is 10.1. The molecule has 0 saturated heterocycles. The van der Waals surface area contributed by atoms with Crippen molar-refractivity contribution in [1.29, 1.82) is 0 Å². The Kier molecular flexibility index (Phi) is 1.73. The molecule has 2 heterocycles. The maximum Gasteiger partial charge on any atom is 0.152 e. The standard InChI is InChI=1S/C11H12N4O/c1-15-7-5-8(16)10-6(3-2-4-13-10)9(7)14-11(15)12/h2-5,11,14,16H,12H2,1H3. The van der Waals surface area contributed by atoms with Crippen molar-refractivity contribution in [3.8, 4) is 5.75 Å². The Morgan fingerprint density at radius 1 is 1.56 bits per heavy atom. The number of nitrogens with two attached hydrogens (primary N) is 1. The number of pyridine rings is 1. The van der Waals surface area contributed by atoms with Gasteiger partial charge < -0.3 is 15.3 Å². The van der Waals surface area contributed by atoms with Crippen molar-refractivity contribution in [3.05, 3.63) is 24.4 Å². The van der Waals surface area contributed by atoms with Gasteiger partial charge in [-0.2, -0.15) is 0 Å². The number of fused-ring (bicyclic) bond motifs is 3. The number of aromatic hydroxyl groups is 1. The van der Waals surface area contributed by atoms with Crippen LogP contribution in [0.2, 0.25) is 0 Å². The number of benzene rings is 1. The van der Waals surface area contributed by atoms with Crippen LogP contribution in [0.5, 0.6) is 5.75 Å². The zero-order valence-electron chi connectivity index (χ0n) is 8.81. The Hall–Kier alpha value is -2.01. The van der Waals surface area contributed by atoms with Crippen LogP contribution < -0.4 is 16.0 Å². The predicted molar refractivity (Wildman–Crippen MR) is 63.4 cm³/mol. The molecule has 5 nitrogen and oxygen atoms in total. The lowest BCUT2D eigenvalue weighted by Crippen LogP contribution is -2.40. The van der Waals surface area contributed by atoms with Crippen LogP contribution in [-0.4, -0.2) is 23.4 Å². The fraction of sp³-hybridized carbons (Fsp3) is 0.182. The number of phenols is 1. The fourth-order valence-electron chi connectivity index (χ4n) is 2.04. The molecule has 1 aromatic carbocycles. The average Bonchev–Trinajstić information content (AvgIpc) is 2.57. The summed E-state index contributed by atoms with van der Waals surface area (Å²) in [7, 11) is 1.88. The minimum Gasteiger partial charge on any atom is -0.506 e. The van der Waals surface area contributed by atoms with E-state index in [1.165, 1.54) is 0 Å². The zero-order chi connectivity index (χ0) is 11.3. The van der Waals surface area contributed by atoms with Gasteiger partial charge >= 0.3 is 0 Å². The Labute approximate surface area is 92.5 Å². The van der Waals surface area contributed by atoms with Crippen LogP contribution in [0.3, 0.4) is 0 Å². The number of hydrogen-bond donors (Lipinski definition) is 3. The quantitative estimate of drug-likeness (QED) is 0.574. The monoisotopic (exact) mass is 216 g/mol. The van der Waals surface area contributed by atoms with Crippen LogP contribution >= 0.6 is 0 Å². The van der Waals surface area contributed by atoms with Crippen LogP contribution in [0.1, 0.15) is 0 Å². The van der Waals surface area contributed by atoms with Gasteiger partial charge in [0.25, 0.3) is 0 Å². The third-order valence-corrected chi connectivity index (χ3v) is 2.94. The van der Waals surface area contributed by atoms with Crippen molar-refractivity contribution in [2.75, 3.05) is 17.3 Å². The molecule has 0 aliphatic carbocycles. The number of aromatic nitrogens is 1. The van der Waals surface area contributed by atoms with Gasteiger partial charge in [0.15, 0.2) is 6.29 Å². The second-order valence-corrected chi connectivity index (χ2v) is 3.89. The van der Waals surface area contributed by atoms with Gasteiger partial charge in [0.2, 0.25) is 0 Å². The Morgan fingerprint density at radius 3 is 3.19 bits per heavy atom. The molecule has 82 valence electrons. The molecule has 0 fully saturated rings. The fourth-order valence-corrected chi connectivity index (χ4v) is 2.04. The predicted octanol–water partition coefficient (Wildman–Crippen LogP) is 1.04. The minimum atomic E-state index is -0.264. The van der Waals surface area contributed by atoms with Gasteiger partial charge in [-0.25, -0.2) is 0 Å². The first-order chi connectivity index (χ1) is 7.68. The van der Waals surface area contributed by atoms with E-state index < -0.39 is 0 Å². The van der Waals surface area contributed by atoms with E-state index >= 15 is 0 Å². The number of rotatable bonds is 0. The van der Waals surface area contributed by atoms with Gasteiger partial charge in [-0.05, 0) is 12.1 Å². The van der Waals surface area contributed by atoms with Crippen LogP contribution in [0, 0.1) is 0 Å². The first kappa shape index (κ1) is 9.23. The van der Waals surface area contributed by atoms with Gasteiger partial charge in [-0.1, -0.05) is 0 Å². The second-order valence-electron chi connectivity index (χ2n) is 3.89. The summed E-state index contributed by atoms with van der Waals surface area (Å²) >= 11 is 0. The molecule has 0 spiro atoms. The van der Waals surface area contributed by atoms with E-state index in [9.17, 15) is 5.11 Å². The number of phenolic OH excluding ortho intramolecular Hbond substituents is 1. The molecule has 1 aliphatic heterocycles. The highest BCUT2D eigenvalue weighted by atomic mass is 16.3. The van der Waals surface area contributed by atoms with Gasteiger partial charge in [0.1, 0.15) is 11.3 Å². The highest BCUT2D eigenvalue weighted by molar-refractivity contribution is 6.03. The van der Waals surface area contributed by atoms with Gasteiger partial charge in [-0.3, -0.25) is 10.7 Å². The van der Waals surface area contributed by atoms with E-state index in [2.05, 4.69) is 10.3 Å². The van der Waals surface area contributed by atoms with E-state index in [1.807, 2.05) is 24.1 Å². The van der Waals surface area contributed by atoms with Crippen LogP contribution in [0.15, 0.2) is 24.4 Å². The Morgan fingerprint density at radius 2 is 2.38 bits per heavy atom. The molecule has 1 atom stereocenters. The number of nitrogens with one attached hydrogen (secondary N) is 1. The highest BCUT2D eigenvalue weighted by Gasteiger charge is 2.25. The molecule has 4 N–H and O–H groups in total. The summed E-state index contributed by atoms with van der Waals surface area (Å²) in [4.78, 5) is 6.04. The summed E-state index contributed by atoms with van der Waals surface area (Å²) in [5.74, 6) is 0.178. The average molecular weight is 216 g/mol. The van der Waals surface area contributed by atoms with Gasteiger partial charge in [0.05, 0.1) is 11.4 Å². The number of nitrogens with zero attached hydrogens (tertiary/aromatic N) is 2. The molecule has 16 heavy (non-hydrogen) atoms. The molecule has 1 unspecified atom stereocenters. The number of anilines is 2. The van der Waals surface area contributed by atoms with Crippen molar-refractivity contribution < 1.29 is 5.11 Å². The van der Waals surface area contributed by atoms with E-state index in [-0.39, 0.29) is 12.0 Å². The topological polar surface area (TPSA) is 74.4 Å². The van der Waals surface area contributed by atoms with Crippen molar-refractivity contribution in [1.82, 2.24) is 4.98 Å². The molecular weight excluding hydrogens is 204 g/mol. The molecule has 0 bridgehead atoms. The van der Waals surface area contributed by atoms with Crippen molar-refractivity contribution in [2.24, 2.45) is 5.73 Å². The first-order valence-corrected chi connectivity index (χ1v) is 5.04. The molecule has 0 saturated carbocycles. The van der Waals surface area contributed by atoms with E-state index in [0.29, 0.717) is 5.52 Å². The smallest absolute Gasteiger partial charge is 0.152 e. The molecule has 0 radical (unpaired) electrons. The highest BCUT2D eigenvalue weighted by Crippen LogP contribution is 2.41. The summed E-state index contributed by atoms with van der Waals surface area (Å²) in [5.41, 5.74) is 8.30. The molecule has 2 aromatic rings. The van der Waals surface area contributed by atoms with Crippen LogP contribution in [0.25, 0.3) is 10.9 Å². The lowest BCUT2D eigenvalue weighted by molar-refractivity contribution is 0.480. The summed E-state index contributed by atoms with van der Waals surface area (Å²) in [6.07, 6.45) is 1.40. The molecular formula is C11H12N4O. The van der Waals surface area contributed by atoms with Crippen LogP contribution in [-0.2, 0) is 0 Å². The van der Waals surface area contributed by atoms with Gasteiger partial charge in [-0.15, -0.1) is 0 Å². The molecule has 1 aliphatic rings. The van der Waals surface area contributed by atoms with E-state index in [4.69, 9.17) is 5.73 Å². The second kappa shape index (κ2) is 2.99. The van der Waals surface area contributed by atoms with Crippen molar-refractivity contribution in [2.45, 2.75) is 6.29 Å². The maximum atomic E-state index is 9.88. The maximum absolute atomic E-state index is 9.88. The Bertz CT molecular complexity index is 569. The summed E-state index contributed by atoms with van der Waals surface area (Å²) < 4.78 is 0. The third-order valence-electron chi connectivity index (χ3n) is 2.94. The molecule has 0 amide bonds. The number of hydrogen-bond acceptors (Lipinski definition) is 5. The van der Waals surface area contributed by atoms with Crippen LogP contribution in [0.4, 0.5) is 11.4 Å². The molecule has 5 heteroatoms. The normalized spacial score (nSPS) is 18.6. The molecule has 3 rings (SSSR count). The van der Waals surface area contributed by atoms with Gasteiger partial charge in [0, 0.05) is 24.7 Å². The van der Waals surface area contributed by atoms with Crippen molar-refractivity contribution in [3.63, 3.8) is 0 Å². The Balaban J connectivity index is 2.38. The first-order valence-electron chi connectivity index (χ1n) is 5.04. The van der Waals surface area contributed by atoms with E-state index in [0.717, 1.165) is 16.8 Å².